The third-order valence-corrected chi connectivity index (χ3v) is 3.40. The number of aliphatic hydroxyl groups excluding tert-OH is 1. The molecule has 0 fully saturated rings. The second-order valence-electron chi connectivity index (χ2n) is 5.85. The van der Waals surface area contributed by atoms with E-state index >= 15 is 0 Å². The smallest absolute Gasteiger partial charge is 0.0999 e. The molecule has 0 aromatic heterocycles. The lowest BCUT2D eigenvalue weighted by atomic mass is 9.73. The van der Waals surface area contributed by atoms with E-state index in [0.29, 0.717) is 11.7 Å². The molecule has 2 rings (SSSR count). The molecule has 2 atom stereocenters. The van der Waals surface area contributed by atoms with Crippen LogP contribution in [0.15, 0.2) is 47.8 Å². The van der Waals surface area contributed by atoms with Crippen molar-refractivity contribution in [3.63, 3.8) is 0 Å². The Bertz CT molecular complexity index is 402. The summed E-state index contributed by atoms with van der Waals surface area (Å²) in [6.07, 6.45) is 9.41. The Morgan fingerprint density at radius 1 is 1.38 bits per heavy atom. The molecule has 0 saturated carbocycles. The lowest BCUT2D eigenvalue weighted by Gasteiger charge is -2.33. The molecule has 0 heterocycles. The van der Waals surface area contributed by atoms with Gasteiger partial charge in [-0.15, -0.1) is 0 Å². The Labute approximate surface area is 97.9 Å². The Balaban J connectivity index is 2.34. The quantitative estimate of drug-likeness (QED) is 0.644. The highest BCUT2D eigenvalue weighted by Crippen LogP contribution is 2.40. The van der Waals surface area contributed by atoms with Gasteiger partial charge in [0.05, 0.1) is 5.76 Å². The van der Waals surface area contributed by atoms with Crippen LogP contribution in [0.4, 0.5) is 0 Å². The Morgan fingerprint density at radius 2 is 2.06 bits per heavy atom. The van der Waals surface area contributed by atoms with E-state index in [9.17, 15) is 5.11 Å². The molecule has 86 valence electrons. The normalized spacial score (nSPS) is 29.6. The highest BCUT2D eigenvalue weighted by Gasteiger charge is 2.30. The van der Waals surface area contributed by atoms with Crippen molar-refractivity contribution in [2.24, 2.45) is 17.3 Å². The van der Waals surface area contributed by atoms with Crippen molar-refractivity contribution in [3.05, 3.63) is 47.8 Å². The minimum absolute atomic E-state index is 0.149. The molecule has 0 aliphatic heterocycles. The molecular formula is C15H20O. The van der Waals surface area contributed by atoms with Gasteiger partial charge >= 0.3 is 0 Å². The lowest BCUT2D eigenvalue weighted by molar-refractivity contribution is 0.305. The highest BCUT2D eigenvalue weighted by molar-refractivity contribution is 5.38. The van der Waals surface area contributed by atoms with Crippen LogP contribution >= 0.6 is 0 Å². The molecule has 0 radical (unpaired) electrons. The van der Waals surface area contributed by atoms with E-state index < -0.39 is 0 Å². The predicted octanol–water partition coefficient (Wildman–Crippen LogP) is 4.16. The molecule has 16 heavy (non-hydrogen) atoms. The summed E-state index contributed by atoms with van der Waals surface area (Å²) in [7, 11) is 0. The molecule has 2 unspecified atom stereocenters. The van der Waals surface area contributed by atoms with Crippen molar-refractivity contribution in [1.29, 1.82) is 0 Å². The van der Waals surface area contributed by atoms with Crippen LogP contribution in [0.5, 0.6) is 0 Å². The monoisotopic (exact) mass is 216 g/mol. The maximum atomic E-state index is 9.98. The Morgan fingerprint density at radius 3 is 2.69 bits per heavy atom. The van der Waals surface area contributed by atoms with Crippen LogP contribution in [-0.4, -0.2) is 5.11 Å². The van der Waals surface area contributed by atoms with Gasteiger partial charge < -0.3 is 5.11 Å². The first-order chi connectivity index (χ1) is 7.38. The van der Waals surface area contributed by atoms with E-state index in [1.54, 1.807) is 0 Å². The summed E-state index contributed by atoms with van der Waals surface area (Å²) >= 11 is 0. The van der Waals surface area contributed by atoms with E-state index in [1.807, 2.05) is 6.08 Å². The van der Waals surface area contributed by atoms with Crippen LogP contribution in [0.2, 0.25) is 0 Å². The number of rotatable bonds is 0. The van der Waals surface area contributed by atoms with Crippen LogP contribution in [0.3, 0.4) is 0 Å². The number of hydrogen-bond acceptors (Lipinski definition) is 1. The SMILES string of the molecule is C=C1C=C(O)C2C=C(C(C)(C)C)C=CC2C1. The maximum Gasteiger partial charge on any atom is 0.0999 e. The molecule has 1 heteroatoms. The summed E-state index contributed by atoms with van der Waals surface area (Å²) in [4.78, 5) is 0. The second kappa shape index (κ2) is 3.65. The van der Waals surface area contributed by atoms with E-state index in [1.165, 1.54) is 5.57 Å². The van der Waals surface area contributed by atoms with Gasteiger partial charge in [0.1, 0.15) is 0 Å². The van der Waals surface area contributed by atoms with E-state index in [2.05, 4.69) is 45.6 Å². The highest BCUT2D eigenvalue weighted by atomic mass is 16.3. The maximum absolute atomic E-state index is 9.98. The van der Waals surface area contributed by atoms with Crippen LogP contribution < -0.4 is 0 Å². The second-order valence-corrected chi connectivity index (χ2v) is 5.85. The first-order valence-corrected chi connectivity index (χ1v) is 5.87. The zero-order valence-corrected chi connectivity index (χ0v) is 10.3. The van der Waals surface area contributed by atoms with Crippen molar-refractivity contribution in [3.8, 4) is 0 Å². The largest absolute Gasteiger partial charge is 0.512 e. The average Bonchev–Trinajstić information content (AvgIpc) is 2.15. The molecule has 0 aromatic rings. The molecule has 2 aliphatic rings. The average molecular weight is 216 g/mol. The summed E-state index contributed by atoms with van der Waals surface area (Å²) in [5, 5.41) is 9.98. The zero-order chi connectivity index (χ0) is 11.9. The number of fused-ring (bicyclic) bond motifs is 1. The first kappa shape index (κ1) is 11.3. The number of aliphatic hydroxyl groups is 1. The van der Waals surface area contributed by atoms with Gasteiger partial charge in [-0.05, 0) is 29.4 Å². The van der Waals surface area contributed by atoms with Crippen molar-refractivity contribution >= 4 is 0 Å². The Hall–Kier alpha value is -1.24. The van der Waals surface area contributed by atoms with Crippen LogP contribution in [-0.2, 0) is 0 Å². The third kappa shape index (κ3) is 1.99. The molecule has 2 aliphatic carbocycles. The third-order valence-electron chi connectivity index (χ3n) is 3.40. The van der Waals surface area contributed by atoms with Crippen LogP contribution in [0.1, 0.15) is 27.2 Å². The fourth-order valence-corrected chi connectivity index (χ4v) is 2.39. The number of hydrogen-bond donors (Lipinski definition) is 1. The molecule has 0 bridgehead atoms. The zero-order valence-electron chi connectivity index (χ0n) is 10.3. The summed E-state index contributed by atoms with van der Waals surface area (Å²) < 4.78 is 0. The van der Waals surface area contributed by atoms with E-state index in [4.69, 9.17) is 0 Å². The van der Waals surface area contributed by atoms with Crippen molar-refractivity contribution in [1.82, 2.24) is 0 Å². The fourth-order valence-electron chi connectivity index (χ4n) is 2.39. The summed E-state index contributed by atoms with van der Waals surface area (Å²) in [6.45, 7) is 10.5. The standard InChI is InChI=1S/C15H20O/c1-10-7-11-5-6-12(15(2,3)4)9-13(11)14(16)8-10/h5-6,8-9,11,13,16H,1,7H2,2-4H3. The molecular weight excluding hydrogens is 196 g/mol. The van der Waals surface area contributed by atoms with Gasteiger partial charge in [0.2, 0.25) is 0 Å². The minimum atomic E-state index is 0.149. The Kier molecular flexibility index (Phi) is 2.57. The summed E-state index contributed by atoms with van der Waals surface area (Å²) in [5.41, 5.74) is 2.48. The molecule has 0 amide bonds. The van der Waals surface area contributed by atoms with E-state index in [-0.39, 0.29) is 11.3 Å². The first-order valence-electron chi connectivity index (χ1n) is 5.87. The summed E-state index contributed by atoms with van der Waals surface area (Å²) in [6, 6.07) is 0. The molecule has 1 nitrogen and oxygen atoms in total. The molecule has 0 saturated heterocycles. The minimum Gasteiger partial charge on any atom is -0.512 e. The predicted molar refractivity (Wildman–Crippen MR) is 68.1 cm³/mol. The van der Waals surface area contributed by atoms with Gasteiger partial charge in [0.15, 0.2) is 0 Å². The van der Waals surface area contributed by atoms with Gasteiger partial charge in [0, 0.05) is 5.92 Å². The lowest BCUT2D eigenvalue weighted by Crippen LogP contribution is -2.23. The summed E-state index contributed by atoms with van der Waals surface area (Å²) in [5.74, 6) is 1.01. The van der Waals surface area contributed by atoms with Crippen LogP contribution in [0, 0.1) is 17.3 Å². The number of allylic oxidation sites excluding steroid dienone is 6. The van der Waals surface area contributed by atoms with Gasteiger partial charge in [-0.25, -0.2) is 0 Å². The van der Waals surface area contributed by atoms with Crippen molar-refractivity contribution in [2.45, 2.75) is 27.2 Å². The van der Waals surface area contributed by atoms with Gasteiger partial charge in [-0.3, -0.25) is 0 Å². The molecule has 0 aromatic carbocycles. The van der Waals surface area contributed by atoms with Crippen molar-refractivity contribution in [2.75, 3.05) is 0 Å². The van der Waals surface area contributed by atoms with E-state index in [0.717, 1.165) is 12.0 Å². The van der Waals surface area contributed by atoms with Gasteiger partial charge in [-0.1, -0.05) is 51.2 Å². The van der Waals surface area contributed by atoms with Crippen LogP contribution in [0.25, 0.3) is 0 Å². The fraction of sp³-hybridized carbons (Fsp3) is 0.467. The molecule has 1 N–H and O–H groups in total. The van der Waals surface area contributed by atoms with Gasteiger partial charge in [-0.2, -0.15) is 0 Å². The van der Waals surface area contributed by atoms with Gasteiger partial charge in [0.25, 0.3) is 0 Å². The topological polar surface area (TPSA) is 20.2 Å². The molecule has 0 spiro atoms. The van der Waals surface area contributed by atoms with Crippen molar-refractivity contribution < 1.29 is 5.11 Å².